The largest absolute Gasteiger partial charge is 0.351 e. The van der Waals surface area contributed by atoms with Crippen molar-refractivity contribution in [2.24, 2.45) is 5.84 Å². The summed E-state index contributed by atoms with van der Waals surface area (Å²) in [4.78, 5) is 22.0. The molecule has 0 aliphatic rings. The lowest BCUT2D eigenvalue weighted by molar-refractivity contribution is -0.384. The monoisotopic (exact) mass is 286 g/mol. The predicted molar refractivity (Wildman–Crippen MR) is 72.2 cm³/mol. The molecule has 19 heavy (non-hydrogen) atoms. The molecule has 1 aromatic carbocycles. The van der Waals surface area contributed by atoms with E-state index in [-0.39, 0.29) is 23.5 Å². The topological polar surface area (TPSA) is 127 Å². The van der Waals surface area contributed by atoms with Crippen molar-refractivity contribution in [1.82, 2.24) is 5.32 Å². The van der Waals surface area contributed by atoms with Gasteiger partial charge in [0.25, 0.3) is 11.6 Å². The first-order chi connectivity index (χ1) is 8.97. The maximum absolute atomic E-state index is 11.9. The predicted octanol–water partition coefficient (Wildman–Crippen LogP) is -0.0113. The van der Waals surface area contributed by atoms with Crippen molar-refractivity contribution >= 4 is 28.1 Å². The zero-order valence-corrected chi connectivity index (χ0v) is 11.0. The highest BCUT2D eigenvalue weighted by molar-refractivity contribution is 7.84. The van der Waals surface area contributed by atoms with Gasteiger partial charge in [-0.25, -0.2) is 0 Å². The number of nitro benzene ring substituents is 1. The van der Waals surface area contributed by atoms with Crippen LogP contribution >= 0.6 is 0 Å². The molecule has 1 rings (SSSR count). The van der Waals surface area contributed by atoms with Crippen molar-refractivity contribution in [2.45, 2.75) is 0 Å². The summed E-state index contributed by atoms with van der Waals surface area (Å²) >= 11 is 0. The van der Waals surface area contributed by atoms with Gasteiger partial charge in [-0.3, -0.25) is 25.0 Å². The van der Waals surface area contributed by atoms with Crippen LogP contribution in [0.25, 0.3) is 0 Å². The second-order valence-corrected chi connectivity index (χ2v) is 5.19. The van der Waals surface area contributed by atoms with Gasteiger partial charge in [0.1, 0.15) is 5.69 Å². The molecule has 0 aliphatic carbocycles. The number of carbonyl (C=O) groups is 1. The highest BCUT2D eigenvalue weighted by Crippen LogP contribution is 2.27. The molecule has 1 unspecified atom stereocenters. The Kier molecular flexibility index (Phi) is 5.39. The molecule has 1 amide bonds. The Morgan fingerprint density at radius 1 is 1.53 bits per heavy atom. The number of para-hydroxylation sites is 1. The van der Waals surface area contributed by atoms with E-state index in [1.165, 1.54) is 24.5 Å². The minimum atomic E-state index is -1.02. The Balaban J connectivity index is 2.93. The summed E-state index contributed by atoms with van der Waals surface area (Å²) in [5, 5.41) is 13.3. The summed E-state index contributed by atoms with van der Waals surface area (Å²) in [6, 6.07) is 4.05. The van der Waals surface area contributed by atoms with Crippen molar-refractivity contribution in [1.29, 1.82) is 0 Å². The number of nitrogens with two attached hydrogens (primary N) is 1. The van der Waals surface area contributed by atoms with E-state index in [2.05, 4.69) is 10.7 Å². The molecule has 0 saturated carbocycles. The fourth-order valence-corrected chi connectivity index (χ4v) is 1.83. The van der Waals surface area contributed by atoms with E-state index in [1.54, 1.807) is 0 Å². The lowest BCUT2D eigenvalue weighted by Gasteiger charge is -2.09. The number of hydrazine groups is 1. The number of nitrogens with one attached hydrogen (secondary N) is 2. The number of benzene rings is 1. The van der Waals surface area contributed by atoms with Gasteiger partial charge in [-0.1, -0.05) is 6.07 Å². The van der Waals surface area contributed by atoms with Gasteiger partial charge in [0.15, 0.2) is 0 Å². The van der Waals surface area contributed by atoms with Crippen LogP contribution in [0, 0.1) is 10.1 Å². The molecular formula is C10H14N4O4S. The second-order valence-electron chi connectivity index (χ2n) is 3.63. The Bertz CT molecular complexity index is 520. The van der Waals surface area contributed by atoms with E-state index in [9.17, 15) is 19.1 Å². The highest BCUT2D eigenvalue weighted by Gasteiger charge is 2.20. The minimum absolute atomic E-state index is 0.0531. The number of hydrogen-bond donors (Lipinski definition) is 3. The molecule has 0 aromatic heterocycles. The van der Waals surface area contributed by atoms with Crippen LogP contribution < -0.4 is 16.6 Å². The van der Waals surface area contributed by atoms with Crippen LogP contribution in [0.2, 0.25) is 0 Å². The summed E-state index contributed by atoms with van der Waals surface area (Å²) < 4.78 is 10.9. The summed E-state index contributed by atoms with van der Waals surface area (Å²) in [7, 11) is -1.02. The summed E-state index contributed by atoms with van der Waals surface area (Å²) in [6.07, 6.45) is 1.52. The molecule has 1 aromatic rings. The molecule has 0 bridgehead atoms. The summed E-state index contributed by atoms with van der Waals surface area (Å²) in [5.74, 6) is 5.02. The molecule has 0 aliphatic heterocycles. The molecule has 0 heterocycles. The van der Waals surface area contributed by atoms with Crippen LogP contribution in [0.3, 0.4) is 0 Å². The number of amides is 1. The normalized spacial score (nSPS) is 11.7. The number of nitrogens with zero attached hydrogens (tertiary/aromatic N) is 1. The number of carbonyl (C=O) groups excluding carboxylic acids is 1. The molecule has 0 spiro atoms. The SMILES string of the molecule is CS(=O)CCNC(=O)c1cccc([N+](=O)[O-])c1NN. The molecule has 9 heteroatoms. The average Bonchev–Trinajstić information content (AvgIpc) is 2.36. The number of anilines is 1. The van der Waals surface area contributed by atoms with E-state index in [1.807, 2.05) is 0 Å². The molecule has 1 atom stereocenters. The maximum Gasteiger partial charge on any atom is 0.294 e. The van der Waals surface area contributed by atoms with E-state index < -0.39 is 21.6 Å². The Labute approximate surface area is 111 Å². The first-order valence-electron chi connectivity index (χ1n) is 5.29. The van der Waals surface area contributed by atoms with Gasteiger partial charge >= 0.3 is 0 Å². The summed E-state index contributed by atoms with van der Waals surface area (Å²) in [6.45, 7) is 0.217. The van der Waals surface area contributed by atoms with Crippen LogP contribution in [-0.4, -0.2) is 33.6 Å². The minimum Gasteiger partial charge on any atom is -0.351 e. The van der Waals surface area contributed by atoms with E-state index >= 15 is 0 Å². The lowest BCUT2D eigenvalue weighted by atomic mass is 10.1. The van der Waals surface area contributed by atoms with Crippen molar-refractivity contribution in [3.05, 3.63) is 33.9 Å². The molecule has 0 radical (unpaired) electrons. The molecule has 0 saturated heterocycles. The fraction of sp³-hybridized carbons (Fsp3) is 0.300. The number of rotatable bonds is 6. The van der Waals surface area contributed by atoms with Gasteiger partial charge in [-0.2, -0.15) is 0 Å². The van der Waals surface area contributed by atoms with Crippen molar-refractivity contribution in [3.8, 4) is 0 Å². The molecule has 8 nitrogen and oxygen atoms in total. The number of hydrogen-bond acceptors (Lipinski definition) is 6. The van der Waals surface area contributed by atoms with Crippen LogP contribution in [0.15, 0.2) is 18.2 Å². The second kappa shape index (κ2) is 6.81. The van der Waals surface area contributed by atoms with E-state index in [0.29, 0.717) is 5.75 Å². The van der Waals surface area contributed by atoms with Crippen LogP contribution in [0.5, 0.6) is 0 Å². The van der Waals surface area contributed by atoms with Gasteiger partial charge < -0.3 is 10.7 Å². The van der Waals surface area contributed by atoms with Gasteiger partial charge in [0, 0.05) is 35.4 Å². The van der Waals surface area contributed by atoms with Gasteiger partial charge in [0.2, 0.25) is 0 Å². The van der Waals surface area contributed by atoms with Crippen LogP contribution in [-0.2, 0) is 10.8 Å². The van der Waals surface area contributed by atoms with E-state index in [0.717, 1.165) is 0 Å². The highest BCUT2D eigenvalue weighted by atomic mass is 32.2. The average molecular weight is 286 g/mol. The molecule has 104 valence electrons. The fourth-order valence-electron chi connectivity index (χ4n) is 1.44. The van der Waals surface area contributed by atoms with Gasteiger partial charge in [0.05, 0.1) is 10.5 Å². The quantitative estimate of drug-likeness (QED) is 0.383. The first kappa shape index (κ1) is 15.1. The molecule has 0 fully saturated rings. The van der Waals surface area contributed by atoms with Crippen molar-refractivity contribution < 1.29 is 13.9 Å². The van der Waals surface area contributed by atoms with E-state index in [4.69, 9.17) is 5.84 Å². The van der Waals surface area contributed by atoms with Crippen molar-refractivity contribution in [2.75, 3.05) is 24.0 Å². The third kappa shape index (κ3) is 4.00. The van der Waals surface area contributed by atoms with Crippen LogP contribution in [0.4, 0.5) is 11.4 Å². The molecule has 4 N–H and O–H groups in total. The Morgan fingerprint density at radius 3 is 2.74 bits per heavy atom. The van der Waals surface area contributed by atoms with Crippen molar-refractivity contribution in [3.63, 3.8) is 0 Å². The zero-order valence-electron chi connectivity index (χ0n) is 10.2. The van der Waals surface area contributed by atoms with Crippen LogP contribution in [0.1, 0.15) is 10.4 Å². The summed E-state index contributed by atoms with van der Waals surface area (Å²) in [5.41, 5.74) is 1.89. The first-order valence-corrected chi connectivity index (χ1v) is 7.02. The maximum atomic E-state index is 11.9. The number of nitro groups is 1. The third-order valence-corrected chi connectivity index (χ3v) is 3.08. The Hall–Kier alpha value is -2.00. The Morgan fingerprint density at radius 2 is 2.21 bits per heavy atom. The third-order valence-electron chi connectivity index (χ3n) is 2.30. The number of nitrogen functional groups attached to an aromatic ring is 1. The lowest BCUT2D eigenvalue weighted by Crippen LogP contribution is -2.29. The standard InChI is InChI=1S/C10H14N4O4S/c1-19(18)6-5-12-10(15)7-3-2-4-8(14(16)17)9(7)13-11/h2-4,13H,5-6,11H2,1H3,(H,12,15). The van der Waals surface area contributed by atoms with Gasteiger partial charge in [-0.15, -0.1) is 0 Å². The smallest absolute Gasteiger partial charge is 0.294 e. The zero-order chi connectivity index (χ0) is 14.4. The molecular weight excluding hydrogens is 272 g/mol. The van der Waals surface area contributed by atoms with Gasteiger partial charge in [-0.05, 0) is 6.07 Å².